The predicted octanol–water partition coefficient (Wildman–Crippen LogP) is -0.888. The zero-order valence-corrected chi connectivity index (χ0v) is 15.7. The van der Waals surface area contributed by atoms with Gasteiger partial charge in [-0.1, -0.05) is 37.9 Å². The molecule has 1 aromatic heterocycles. The molecule has 0 aliphatic rings. The van der Waals surface area contributed by atoms with Crippen molar-refractivity contribution in [2.24, 2.45) is 5.73 Å². The summed E-state index contributed by atoms with van der Waals surface area (Å²) >= 11 is 5.16. The molecular weight excluding hydrogens is 579 g/mol. The van der Waals surface area contributed by atoms with Crippen molar-refractivity contribution in [1.29, 1.82) is 0 Å². The third-order valence-corrected chi connectivity index (χ3v) is 4.38. The number of carboxylic acid groups (broad SMARTS) is 2. The largest absolute Gasteiger partial charge is 2.00 e. The molecule has 3 atom stereocenters. The summed E-state index contributed by atoms with van der Waals surface area (Å²) in [6, 6.07) is 5.79. The number of aliphatic carboxylic acids is 2. The molecule has 0 amide bonds. The average molecular weight is 591 g/mol. The van der Waals surface area contributed by atoms with Gasteiger partial charge in [0.15, 0.2) is 0 Å². The van der Waals surface area contributed by atoms with Gasteiger partial charge in [-0.05, 0) is 19.1 Å². The Balaban J connectivity index is 0. The molecule has 0 saturated carbocycles. The first-order valence-corrected chi connectivity index (χ1v) is 6.96. The van der Waals surface area contributed by atoms with Crippen molar-refractivity contribution in [3.05, 3.63) is 30.1 Å². The third kappa shape index (κ3) is 8.79. The van der Waals surface area contributed by atoms with E-state index < -0.39 is 21.6 Å². The summed E-state index contributed by atoms with van der Waals surface area (Å²) in [7, 11) is 0. The first-order chi connectivity index (χ1) is 8.77. The monoisotopic (exact) mass is 589 g/mol. The van der Waals surface area contributed by atoms with Crippen molar-refractivity contribution < 1.29 is 40.9 Å². The number of hydrogen-bond donors (Lipinski definition) is 1. The molecule has 0 radical (unpaired) electrons. The van der Waals surface area contributed by atoms with Gasteiger partial charge in [-0.3, -0.25) is 4.98 Å². The molecule has 9 heteroatoms. The van der Waals surface area contributed by atoms with E-state index in [2.05, 4.69) is 36.8 Å². The number of hydrogen-bond acceptors (Lipinski definition) is 6. The van der Waals surface area contributed by atoms with Gasteiger partial charge in [0.2, 0.25) is 0 Å². The van der Waals surface area contributed by atoms with Crippen LogP contribution in [0.3, 0.4) is 0 Å². The number of carbonyl (C=O) groups is 2. The van der Waals surface area contributed by atoms with Crippen LogP contribution < -0.4 is 15.9 Å². The zero-order chi connectivity index (χ0) is 15.0. The minimum absolute atomic E-state index is 0. The van der Waals surface area contributed by atoms with E-state index in [-0.39, 0.29) is 27.1 Å². The molecule has 1 aromatic rings. The molecule has 0 aliphatic carbocycles. The molecule has 0 bridgehead atoms. The summed E-state index contributed by atoms with van der Waals surface area (Å²) in [5.74, 6) is -2.99. The van der Waals surface area contributed by atoms with Crippen LogP contribution in [0.1, 0.15) is 18.7 Å². The van der Waals surface area contributed by atoms with E-state index >= 15 is 0 Å². The molecule has 6 nitrogen and oxygen atoms in total. The Morgan fingerprint density at radius 2 is 1.65 bits per heavy atom. The second-order valence-corrected chi connectivity index (χ2v) is 5.46. The molecule has 0 spiro atoms. The van der Waals surface area contributed by atoms with Crippen molar-refractivity contribution in [2.75, 3.05) is 0 Å². The molecule has 0 aromatic carbocycles. The van der Waals surface area contributed by atoms with Gasteiger partial charge in [0.1, 0.15) is 0 Å². The Morgan fingerprint density at radius 1 is 1.20 bits per heavy atom. The number of nitrogens with zero attached hydrogens (tertiary/aromatic N) is 1. The van der Waals surface area contributed by atoms with Crippen LogP contribution in [0.4, 0.5) is 0 Å². The van der Waals surface area contributed by atoms with Gasteiger partial charge in [0.05, 0.1) is 27.3 Å². The maximum Gasteiger partial charge on any atom is 2.00 e. The Hall–Kier alpha value is -0.302. The predicted molar refractivity (Wildman–Crippen MR) is 72.3 cm³/mol. The Bertz CT molecular complexity index is 402. The number of alkyl halides is 2. The Kier molecular flexibility index (Phi) is 12.5. The molecule has 1 rings (SSSR count). The number of carboxylic acids is 2. The summed E-state index contributed by atoms with van der Waals surface area (Å²) in [6.45, 7) is 1.92. The standard InChI is InChI=1S/C7H10N2.C4H4Br2O4.Pt/c1-6(8)7-4-2-3-5-9-7;5-1(3(7)8)2(6)4(9)10;/h2-6H,8H2,1H3;1-2H,(H,7,8)(H,9,10);/q;;+2/p-2. The minimum atomic E-state index is -1.49. The number of carbonyl (C=O) groups excluding carboxylic acids is 2. The summed E-state index contributed by atoms with van der Waals surface area (Å²) < 4.78 is 0. The van der Waals surface area contributed by atoms with E-state index in [0.29, 0.717) is 0 Å². The second kappa shape index (κ2) is 11.4. The van der Waals surface area contributed by atoms with Crippen LogP contribution in [0.15, 0.2) is 24.4 Å². The molecule has 0 fully saturated rings. The van der Waals surface area contributed by atoms with E-state index in [9.17, 15) is 19.8 Å². The zero-order valence-electron chi connectivity index (χ0n) is 10.3. The fourth-order valence-corrected chi connectivity index (χ4v) is 1.32. The molecule has 2 N–H and O–H groups in total. The van der Waals surface area contributed by atoms with E-state index in [1.54, 1.807) is 6.20 Å². The SMILES string of the molecule is CC(N)c1ccccn1.O=C([O-])C(Br)C(Br)C(=O)[O-].[Pt+2]. The van der Waals surface area contributed by atoms with Crippen LogP contribution in [-0.2, 0) is 30.7 Å². The number of halogens is 2. The number of nitrogens with two attached hydrogens (primary N) is 1. The van der Waals surface area contributed by atoms with Gasteiger partial charge in [0.25, 0.3) is 0 Å². The first-order valence-electron chi connectivity index (χ1n) is 5.13. The topological polar surface area (TPSA) is 119 Å². The van der Waals surface area contributed by atoms with Gasteiger partial charge >= 0.3 is 21.1 Å². The fraction of sp³-hybridized carbons (Fsp3) is 0.364. The van der Waals surface area contributed by atoms with Gasteiger partial charge in [-0.15, -0.1) is 0 Å². The van der Waals surface area contributed by atoms with Crippen LogP contribution >= 0.6 is 31.9 Å². The average Bonchev–Trinajstić information content (AvgIpc) is 2.38. The van der Waals surface area contributed by atoms with Crippen molar-refractivity contribution >= 4 is 43.8 Å². The quantitative estimate of drug-likeness (QED) is 0.455. The second-order valence-electron chi connectivity index (χ2n) is 3.48. The van der Waals surface area contributed by atoms with E-state index in [0.717, 1.165) is 5.69 Å². The van der Waals surface area contributed by atoms with Crippen LogP contribution in [0, 0.1) is 0 Å². The van der Waals surface area contributed by atoms with Gasteiger partial charge < -0.3 is 25.5 Å². The smallest absolute Gasteiger partial charge is 0.549 e. The van der Waals surface area contributed by atoms with Crippen LogP contribution in [-0.4, -0.2) is 26.6 Å². The van der Waals surface area contributed by atoms with Crippen molar-refractivity contribution in [3.63, 3.8) is 0 Å². The first kappa shape index (κ1) is 22.0. The molecular formula is C11H12Br2N2O4Pt. The van der Waals surface area contributed by atoms with Gasteiger partial charge in [-0.2, -0.15) is 0 Å². The fourth-order valence-electron chi connectivity index (χ4n) is 0.884. The normalized spacial score (nSPS) is 13.8. The number of rotatable bonds is 4. The molecule has 20 heavy (non-hydrogen) atoms. The van der Waals surface area contributed by atoms with Crippen molar-refractivity contribution in [1.82, 2.24) is 4.98 Å². The summed E-state index contributed by atoms with van der Waals surface area (Å²) in [6.07, 6.45) is 1.75. The molecule has 3 unspecified atom stereocenters. The Labute approximate surface area is 147 Å². The Morgan fingerprint density at radius 3 is 1.85 bits per heavy atom. The van der Waals surface area contributed by atoms with Crippen molar-refractivity contribution in [3.8, 4) is 0 Å². The molecule has 0 aliphatic heterocycles. The summed E-state index contributed by atoms with van der Waals surface area (Å²) in [4.78, 5) is 21.5. The maximum atomic E-state index is 9.97. The number of aromatic nitrogens is 1. The molecule has 114 valence electrons. The van der Waals surface area contributed by atoms with Gasteiger partial charge in [-0.25, -0.2) is 0 Å². The molecule has 0 saturated heterocycles. The van der Waals surface area contributed by atoms with E-state index in [1.807, 2.05) is 25.1 Å². The summed E-state index contributed by atoms with van der Waals surface area (Å²) in [5, 5.41) is 19.9. The number of pyridine rings is 1. The molecule has 1 heterocycles. The third-order valence-electron chi connectivity index (χ3n) is 1.86. The van der Waals surface area contributed by atoms with Crippen LogP contribution in [0.25, 0.3) is 0 Å². The maximum absolute atomic E-state index is 9.97. The minimum Gasteiger partial charge on any atom is -0.549 e. The van der Waals surface area contributed by atoms with Crippen LogP contribution in [0.5, 0.6) is 0 Å². The summed E-state index contributed by atoms with van der Waals surface area (Å²) in [5.41, 5.74) is 6.49. The van der Waals surface area contributed by atoms with E-state index in [4.69, 9.17) is 5.73 Å². The van der Waals surface area contributed by atoms with Crippen LogP contribution in [0.2, 0.25) is 0 Å². The van der Waals surface area contributed by atoms with Crippen molar-refractivity contribution in [2.45, 2.75) is 22.6 Å². The van der Waals surface area contributed by atoms with Gasteiger partial charge in [0, 0.05) is 12.2 Å². The van der Waals surface area contributed by atoms with E-state index in [1.165, 1.54) is 0 Å².